The van der Waals surface area contributed by atoms with E-state index in [0.29, 0.717) is 5.95 Å². The highest BCUT2D eigenvalue weighted by atomic mass is 32.1. The lowest BCUT2D eigenvalue weighted by molar-refractivity contribution is 0.312. The lowest BCUT2D eigenvalue weighted by atomic mass is 10.2. The zero-order valence-corrected chi connectivity index (χ0v) is 14.6. The third-order valence-corrected chi connectivity index (χ3v) is 5.27. The number of anilines is 3. The minimum absolute atomic E-state index is 0.330. The van der Waals surface area contributed by atoms with E-state index in [1.807, 2.05) is 6.07 Å². The van der Waals surface area contributed by atoms with E-state index < -0.39 is 0 Å². The highest BCUT2D eigenvalue weighted by molar-refractivity contribution is 7.10. The molecule has 0 bridgehead atoms. The molecule has 7 heteroatoms. The molecule has 23 heavy (non-hydrogen) atoms. The smallest absolute Gasteiger partial charge is 0.223 e. The summed E-state index contributed by atoms with van der Waals surface area (Å²) in [4.78, 5) is 14.7. The quantitative estimate of drug-likeness (QED) is 0.870. The topological polar surface area (TPSA) is 70.3 Å². The van der Waals surface area contributed by atoms with Gasteiger partial charge in [-0.25, -0.2) is 0 Å². The summed E-state index contributed by atoms with van der Waals surface area (Å²) < 4.78 is 0. The van der Waals surface area contributed by atoms with Crippen LogP contribution in [0.15, 0.2) is 17.5 Å². The second kappa shape index (κ2) is 7.14. The van der Waals surface area contributed by atoms with Crippen LogP contribution in [0.4, 0.5) is 17.6 Å². The van der Waals surface area contributed by atoms with Crippen molar-refractivity contribution in [1.29, 1.82) is 0 Å². The average molecular weight is 332 g/mol. The first-order valence-corrected chi connectivity index (χ1v) is 8.84. The second-order valence-corrected chi connectivity index (χ2v) is 6.96. The summed E-state index contributed by atoms with van der Waals surface area (Å²) in [7, 11) is 2.14. The first-order valence-electron chi connectivity index (χ1n) is 7.97. The van der Waals surface area contributed by atoms with Crippen LogP contribution < -0.4 is 16.0 Å². The first kappa shape index (κ1) is 16.0. The number of aromatic nitrogens is 2. The minimum atomic E-state index is 0.330. The van der Waals surface area contributed by atoms with Crippen LogP contribution in [-0.4, -0.2) is 54.6 Å². The fourth-order valence-corrected chi connectivity index (χ4v) is 3.62. The van der Waals surface area contributed by atoms with E-state index in [1.54, 1.807) is 11.3 Å². The van der Waals surface area contributed by atoms with E-state index >= 15 is 0 Å². The van der Waals surface area contributed by atoms with Gasteiger partial charge in [0.05, 0.1) is 0 Å². The van der Waals surface area contributed by atoms with E-state index in [-0.39, 0.29) is 0 Å². The number of aryl methyl sites for hydroxylation is 1. The Morgan fingerprint density at radius 3 is 2.74 bits per heavy atom. The normalized spacial score (nSPS) is 15.8. The largest absolute Gasteiger partial charge is 0.369 e. The van der Waals surface area contributed by atoms with E-state index in [0.717, 1.165) is 50.8 Å². The molecule has 3 rings (SSSR count). The maximum Gasteiger partial charge on any atom is 0.223 e. The van der Waals surface area contributed by atoms with Gasteiger partial charge in [0, 0.05) is 43.7 Å². The van der Waals surface area contributed by atoms with E-state index in [4.69, 9.17) is 5.73 Å². The average Bonchev–Trinajstić information content (AvgIpc) is 2.93. The maximum absolute atomic E-state index is 5.89. The highest BCUT2D eigenvalue weighted by Crippen LogP contribution is 2.19. The Hall–Kier alpha value is -1.86. The third-order valence-electron chi connectivity index (χ3n) is 4.18. The van der Waals surface area contributed by atoms with Crippen molar-refractivity contribution in [2.75, 3.05) is 55.7 Å². The van der Waals surface area contributed by atoms with Crippen LogP contribution in [0.5, 0.6) is 0 Å². The van der Waals surface area contributed by atoms with Gasteiger partial charge in [-0.1, -0.05) is 0 Å². The molecular formula is C16H24N6S. The highest BCUT2D eigenvalue weighted by Gasteiger charge is 2.16. The number of nitrogens with one attached hydrogen (secondary N) is 1. The van der Waals surface area contributed by atoms with Crippen LogP contribution in [0, 0.1) is 6.92 Å². The number of nitrogens with zero attached hydrogens (tertiary/aromatic N) is 4. The number of nitrogen functional groups attached to an aromatic ring is 1. The lowest BCUT2D eigenvalue weighted by Gasteiger charge is -2.33. The molecule has 0 aromatic carbocycles. The molecule has 0 spiro atoms. The first-order chi connectivity index (χ1) is 11.1. The molecular weight excluding hydrogens is 308 g/mol. The summed E-state index contributed by atoms with van der Waals surface area (Å²) in [5.74, 6) is 2.05. The van der Waals surface area contributed by atoms with Crippen molar-refractivity contribution in [2.45, 2.75) is 13.3 Å². The molecule has 1 saturated heterocycles. The summed E-state index contributed by atoms with van der Waals surface area (Å²) >= 11 is 1.80. The van der Waals surface area contributed by atoms with Gasteiger partial charge in [0.15, 0.2) is 0 Å². The van der Waals surface area contributed by atoms with Crippen LogP contribution in [0.2, 0.25) is 0 Å². The van der Waals surface area contributed by atoms with Crippen molar-refractivity contribution in [3.8, 4) is 0 Å². The Kier molecular flexibility index (Phi) is 4.97. The summed E-state index contributed by atoms with van der Waals surface area (Å²) in [6, 6.07) is 4.16. The van der Waals surface area contributed by atoms with Crippen molar-refractivity contribution in [3.05, 3.63) is 28.0 Å². The molecule has 1 aliphatic heterocycles. The van der Waals surface area contributed by atoms with E-state index in [9.17, 15) is 0 Å². The Balaban J connectivity index is 1.62. The molecule has 0 radical (unpaired) electrons. The SMILES string of the molecule is Cc1ccsc1CCNc1cc(N2CCN(C)CC2)nc(N)n1. The van der Waals surface area contributed by atoms with Crippen LogP contribution in [0.25, 0.3) is 0 Å². The number of nitrogens with two attached hydrogens (primary N) is 1. The van der Waals surface area contributed by atoms with Gasteiger partial charge >= 0.3 is 0 Å². The second-order valence-electron chi connectivity index (χ2n) is 5.96. The minimum Gasteiger partial charge on any atom is -0.369 e. The Morgan fingerprint density at radius 2 is 2.04 bits per heavy atom. The Bertz CT molecular complexity index is 648. The zero-order valence-electron chi connectivity index (χ0n) is 13.7. The Morgan fingerprint density at radius 1 is 1.26 bits per heavy atom. The predicted molar refractivity (Wildman–Crippen MR) is 97.4 cm³/mol. The molecule has 0 atom stereocenters. The van der Waals surface area contributed by atoms with Crippen molar-refractivity contribution >= 4 is 28.9 Å². The maximum atomic E-state index is 5.89. The van der Waals surface area contributed by atoms with Gasteiger partial charge in [-0.15, -0.1) is 11.3 Å². The molecule has 2 aromatic rings. The van der Waals surface area contributed by atoms with Crippen LogP contribution in [0.1, 0.15) is 10.4 Å². The van der Waals surface area contributed by atoms with Gasteiger partial charge in [0.2, 0.25) is 5.95 Å². The van der Waals surface area contributed by atoms with Gasteiger partial charge in [0.25, 0.3) is 0 Å². The van der Waals surface area contributed by atoms with Gasteiger partial charge < -0.3 is 20.9 Å². The van der Waals surface area contributed by atoms with Crippen molar-refractivity contribution in [1.82, 2.24) is 14.9 Å². The number of thiophene rings is 1. The molecule has 0 saturated carbocycles. The monoisotopic (exact) mass is 332 g/mol. The Labute approximate surface area is 141 Å². The molecule has 124 valence electrons. The molecule has 0 amide bonds. The summed E-state index contributed by atoms with van der Waals surface area (Å²) in [6.07, 6.45) is 0.997. The summed E-state index contributed by atoms with van der Waals surface area (Å²) in [5, 5.41) is 5.52. The standard InChI is InChI=1S/C16H24N6S/c1-12-4-10-23-13(12)3-5-18-14-11-15(20-16(17)19-14)22-8-6-21(2)7-9-22/h4,10-11H,3,5-9H2,1-2H3,(H3,17,18,19,20). The lowest BCUT2D eigenvalue weighted by Crippen LogP contribution is -2.44. The fraction of sp³-hybridized carbons (Fsp3) is 0.500. The number of piperazine rings is 1. The predicted octanol–water partition coefficient (Wildman–Crippen LogP) is 1.84. The van der Waals surface area contributed by atoms with E-state index in [2.05, 4.69) is 50.5 Å². The van der Waals surface area contributed by atoms with Gasteiger partial charge in [0.1, 0.15) is 11.6 Å². The van der Waals surface area contributed by atoms with Gasteiger partial charge in [-0.2, -0.15) is 9.97 Å². The number of hydrogen-bond acceptors (Lipinski definition) is 7. The number of hydrogen-bond donors (Lipinski definition) is 2. The molecule has 3 N–H and O–H groups in total. The molecule has 1 fully saturated rings. The van der Waals surface area contributed by atoms with Gasteiger partial charge in [-0.05, 0) is 37.4 Å². The summed E-state index contributed by atoms with van der Waals surface area (Å²) in [5.41, 5.74) is 7.25. The molecule has 2 aromatic heterocycles. The molecule has 0 aliphatic carbocycles. The van der Waals surface area contributed by atoms with E-state index in [1.165, 1.54) is 10.4 Å². The summed E-state index contributed by atoms with van der Waals surface area (Å²) in [6.45, 7) is 7.04. The van der Waals surface area contributed by atoms with Crippen molar-refractivity contribution in [3.63, 3.8) is 0 Å². The number of rotatable bonds is 5. The van der Waals surface area contributed by atoms with Crippen LogP contribution >= 0.6 is 11.3 Å². The number of likely N-dealkylation sites (N-methyl/N-ethyl adjacent to an activating group) is 1. The van der Waals surface area contributed by atoms with Crippen LogP contribution in [-0.2, 0) is 6.42 Å². The van der Waals surface area contributed by atoms with Crippen molar-refractivity contribution < 1.29 is 0 Å². The van der Waals surface area contributed by atoms with Crippen molar-refractivity contribution in [2.24, 2.45) is 0 Å². The fourth-order valence-electron chi connectivity index (χ4n) is 2.71. The molecule has 3 heterocycles. The molecule has 6 nitrogen and oxygen atoms in total. The molecule has 1 aliphatic rings. The zero-order chi connectivity index (χ0) is 16.2. The third kappa shape index (κ3) is 4.11. The van der Waals surface area contributed by atoms with Gasteiger partial charge in [-0.3, -0.25) is 0 Å². The van der Waals surface area contributed by atoms with Crippen LogP contribution in [0.3, 0.4) is 0 Å². The molecule has 0 unspecified atom stereocenters.